The zero-order valence-corrected chi connectivity index (χ0v) is 27.6. The van der Waals surface area contributed by atoms with Crippen molar-refractivity contribution in [1.29, 1.82) is 0 Å². The molecule has 1 rings (SSSR count). The SMILES string of the molecule is CCCCCCCCC(C=CC=Cc1cccc(C(CCCCO[Si](C)(C)C(C)(C)C)OC(C)=O)c1)OC(C)=O. The number of unbranched alkanes of at least 4 members (excludes halogenated alkanes) is 6. The Labute approximate surface area is 245 Å². The van der Waals surface area contributed by atoms with E-state index in [9.17, 15) is 9.59 Å². The van der Waals surface area contributed by atoms with Crippen LogP contribution in [0, 0.1) is 0 Å². The standard InChI is InChI=1S/C34H56O5Si/c1-9-10-11-12-13-14-23-32(38-28(2)35)24-16-15-20-30-21-19-22-31(27-30)33(39-29(3)36)25-17-18-26-37-40(7,8)34(4,5)6/h15-16,19-22,24,27,32-33H,9-14,17-18,23,25-26H2,1-8H3. The second-order valence-corrected chi connectivity index (χ2v) is 17.1. The smallest absolute Gasteiger partial charge is 0.303 e. The first kappa shape index (κ1) is 35.8. The Morgan fingerprint density at radius 1 is 0.875 bits per heavy atom. The number of carbonyl (C=O) groups is 2. The Kier molecular flexibility index (Phi) is 17.1. The van der Waals surface area contributed by atoms with Crippen LogP contribution >= 0.6 is 0 Å². The van der Waals surface area contributed by atoms with Gasteiger partial charge in [0.25, 0.3) is 0 Å². The Balaban J connectivity index is 2.72. The molecule has 0 amide bonds. The number of esters is 2. The van der Waals surface area contributed by atoms with Gasteiger partial charge in [0.2, 0.25) is 0 Å². The Morgan fingerprint density at radius 2 is 1.52 bits per heavy atom. The second kappa shape index (κ2) is 19.0. The number of allylic oxidation sites excluding steroid dienone is 2. The van der Waals surface area contributed by atoms with Crippen molar-refractivity contribution in [3.8, 4) is 0 Å². The molecular formula is C34H56O5Si. The van der Waals surface area contributed by atoms with Gasteiger partial charge in [-0.1, -0.05) is 96.2 Å². The Bertz CT molecular complexity index is 929. The summed E-state index contributed by atoms with van der Waals surface area (Å²) in [4.78, 5) is 23.4. The molecule has 0 saturated heterocycles. The van der Waals surface area contributed by atoms with Gasteiger partial charge in [0.15, 0.2) is 8.32 Å². The summed E-state index contributed by atoms with van der Waals surface area (Å²) >= 11 is 0. The lowest BCUT2D eigenvalue weighted by Crippen LogP contribution is -2.40. The van der Waals surface area contributed by atoms with Crippen molar-refractivity contribution in [3.05, 3.63) is 53.6 Å². The fraction of sp³-hybridized carbons (Fsp3) is 0.647. The van der Waals surface area contributed by atoms with Crippen LogP contribution < -0.4 is 0 Å². The molecule has 0 N–H and O–H groups in total. The van der Waals surface area contributed by atoms with Crippen LogP contribution in [0.5, 0.6) is 0 Å². The van der Waals surface area contributed by atoms with Crippen molar-refractivity contribution in [2.45, 2.75) is 136 Å². The largest absolute Gasteiger partial charge is 0.458 e. The zero-order valence-electron chi connectivity index (χ0n) is 26.6. The second-order valence-electron chi connectivity index (χ2n) is 12.3. The highest BCUT2D eigenvalue weighted by Crippen LogP contribution is 2.36. The molecule has 0 radical (unpaired) electrons. The lowest BCUT2D eigenvalue weighted by molar-refractivity contribution is -0.147. The third kappa shape index (κ3) is 15.6. The number of hydrogen-bond acceptors (Lipinski definition) is 5. The fourth-order valence-corrected chi connectivity index (χ4v) is 5.31. The van der Waals surface area contributed by atoms with Crippen LogP contribution in [-0.2, 0) is 23.5 Å². The average molecular weight is 573 g/mol. The molecule has 1 aromatic carbocycles. The highest BCUT2D eigenvalue weighted by Gasteiger charge is 2.36. The summed E-state index contributed by atoms with van der Waals surface area (Å²) in [6.45, 7) is 17.2. The van der Waals surface area contributed by atoms with Gasteiger partial charge in [-0.05, 0) is 73.5 Å². The van der Waals surface area contributed by atoms with Crippen molar-refractivity contribution in [2.24, 2.45) is 0 Å². The molecule has 0 aliphatic heterocycles. The van der Waals surface area contributed by atoms with Gasteiger partial charge in [-0.15, -0.1) is 0 Å². The summed E-state index contributed by atoms with van der Waals surface area (Å²) < 4.78 is 17.5. The lowest BCUT2D eigenvalue weighted by atomic mass is 10.0. The van der Waals surface area contributed by atoms with Crippen molar-refractivity contribution < 1.29 is 23.5 Å². The number of hydrogen-bond donors (Lipinski definition) is 0. The number of carbonyl (C=O) groups excluding carboxylic acids is 2. The molecule has 6 heteroatoms. The quantitative estimate of drug-likeness (QED) is 0.0714. The first-order chi connectivity index (χ1) is 18.9. The first-order valence-corrected chi connectivity index (χ1v) is 18.2. The topological polar surface area (TPSA) is 61.8 Å². The summed E-state index contributed by atoms with van der Waals surface area (Å²) in [5.74, 6) is -0.520. The molecule has 226 valence electrons. The third-order valence-electron chi connectivity index (χ3n) is 7.61. The van der Waals surface area contributed by atoms with Crippen LogP contribution in [0.1, 0.15) is 123 Å². The zero-order chi connectivity index (χ0) is 30.0. The maximum absolute atomic E-state index is 11.8. The summed E-state index contributed by atoms with van der Waals surface area (Å²) in [7, 11) is -1.75. The van der Waals surface area contributed by atoms with Gasteiger partial charge < -0.3 is 13.9 Å². The molecule has 40 heavy (non-hydrogen) atoms. The monoisotopic (exact) mass is 572 g/mol. The molecule has 0 aromatic heterocycles. The first-order valence-electron chi connectivity index (χ1n) is 15.3. The fourth-order valence-electron chi connectivity index (χ4n) is 4.22. The van der Waals surface area contributed by atoms with Gasteiger partial charge in [-0.3, -0.25) is 9.59 Å². The maximum Gasteiger partial charge on any atom is 0.303 e. The van der Waals surface area contributed by atoms with E-state index in [0.717, 1.165) is 49.8 Å². The molecule has 0 aliphatic carbocycles. The van der Waals surface area contributed by atoms with Gasteiger partial charge in [-0.25, -0.2) is 0 Å². The predicted octanol–water partition coefficient (Wildman–Crippen LogP) is 9.73. The van der Waals surface area contributed by atoms with E-state index in [1.165, 1.54) is 46.0 Å². The van der Waals surface area contributed by atoms with Crippen molar-refractivity contribution >= 4 is 26.3 Å². The molecule has 1 aromatic rings. The van der Waals surface area contributed by atoms with Gasteiger partial charge in [0.05, 0.1) is 0 Å². The van der Waals surface area contributed by atoms with Crippen molar-refractivity contribution in [1.82, 2.24) is 0 Å². The van der Waals surface area contributed by atoms with Crippen LogP contribution in [0.4, 0.5) is 0 Å². The van der Waals surface area contributed by atoms with Gasteiger partial charge in [0, 0.05) is 20.5 Å². The van der Waals surface area contributed by atoms with Crippen LogP contribution in [0.25, 0.3) is 6.08 Å². The summed E-state index contributed by atoms with van der Waals surface area (Å²) in [6, 6.07) is 8.12. The number of rotatable bonds is 19. The summed E-state index contributed by atoms with van der Waals surface area (Å²) in [6.07, 6.45) is 18.1. The lowest BCUT2D eigenvalue weighted by Gasteiger charge is -2.36. The maximum atomic E-state index is 11.8. The highest BCUT2D eigenvalue weighted by molar-refractivity contribution is 6.74. The number of benzene rings is 1. The molecule has 0 fully saturated rings. The molecular weight excluding hydrogens is 516 g/mol. The van der Waals surface area contributed by atoms with Crippen molar-refractivity contribution in [2.75, 3.05) is 6.61 Å². The molecule has 2 unspecified atom stereocenters. The minimum Gasteiger partial charge on any atom is -0.458 e. The molecule has 0 bridgehead atoms. The summed E-state index contributed by atoms with van der Waals surface area (Å²) in [5, 5.41) is 0.200. The van der Waals surface area contributed by atoms with Crippen LogP contribution in [-0.4, -0.2) is 33.0 Å². The van der Waals surface area contributed by atoms with E-state index in [2.05, 4.69) is 46.9 Å². The minimum atomic E-state index is -1.75. The van der Waals surface area contributed by atoms with E-state index >= 15 is 0 Å². The molecule has 0 aliphatic rings. The third-order valence-corrected chi connectivity index (χ3v) is 12.1. The van der Waals surface area contributed by atoms with Crippen LogP contribution in [0.2, 0.25) is 18.1 Å². The Hall–Kier alpha value is -2.18. The number of ether oxygens (including phenoxy) is 2. The molecule has 0 heterocycles. The van der Waals surface area contributed by atoms with E-state index in [1.54, 1.807) is 0 Å². The highest BCUT2D eigenvalue weighted by atomic mass is 28.4. The van der Waals surface area contributed by atoms with E-state index in [1.807, 2.05) is 42.5 Å². The van der Waals surface area contributed by atoms with E-state index in [-0.39, 0.29) is 29.2 Å². The average Bonchev–Trinajstić information content (AvgIpc) is 2.86. The van der Waals surface area contributed by atoms with E-state index in [4.69, 9.17) is 13.9 Å². The van der Waals surface area contributed by atoms with E-state index < -0.39 is 8.32 Å². The Morgan fingerprint density at radius 3 is 2.17 bits per heavy atom. The molecule has 5 nitrogen and oxygen atoms in total. The predicted molar refractivity (Wildman–Crippen MR) is 170 cm³/mol. The van der Waals surface area contributed by atoms with Crippen molar-refractivity contribution in [3.63, 3.8) is 0 Å². The molecule has 2 atom stereocenters. The summed E-state index contributed by atoms with van der Waals surface area (Å²) in [5.41, 5.74) is 2.02. The normalized spacial score (nSPS) is 14.0. The minimum absolute atomic E-state index is 0.200. The van der Waals surface area contributed by atoms with Gasteiger partial charge in [-0.2, -0.15) is 0 Å². The van der Waals surface area contributed by atoms with Gasteiger partial charge in [0.1, 0.15) is 12.2 Å². The molecule has 0 spiro atoms. The molecule has 0 saturated carbocycles. The van der Waals surface area contributed by atoms with E-state index in [0.29, 0.717) is 0 Å². The van der Waals surface area contributed by atoms with Crippen LogP contribution in [0.3, 0.4) is 0 Å². The van der Waals surface area contributed by atoms with Crippen LogP contribution in [0.15, 0.2) is 42.5 Å². The van der Waals surface area contributed by atoms with Gasteiger partial charge >= 0.3 is 11.9 Å².